The van der Waals surface area contributed by atoms with Gasteiger partial charge >= 0.3 is 0 Å². The summed E-state index contributed by atoms with van der Waals surface area (Å²) in [6.45, 7) is 8.04. The highest BCUT2D eigenvalue weighted by molar-refractivity contribution is 6.31. The number of ether oxygens (including phenoxy) is 1. The fraction of sp³-hybridized carbons (Fsp3) is 0.571. The fourth-order valence-corrected chi connectivity index (χ4v) is 1.88. The van der Waals surface area contributed by atoms with Gasteiger partial charge in [-0.1, -0.05) is 43.6 Å². The quantitative estimate of drug-likeness (QED) is 0.800. The van der Waals surface area contributed by atoms with Crippen molar-refractivity contribution < 1.29 is 4.74 Å². The van der Waals surface area contributed by atoms with Crippen molar-refractivity contribution in [1.29, 1.82) is 0 Å². The molecule has 1 rings (SSSR count). The Morgan fingerprint density at radius 3 is 2.59 bits per heavy atom. The average Bonchev–Trinajstić information content (AvgIpc) is 2.35. The van der Waals surface area contributed by atoms with Gasteiger partial charge in [0.2, 0.25) is 0 Å². The number of benzene rings is 1. The Morgan fingerprint density at radius 2 is 2.00 bits per heavy atom. The first kappa shape index (κ1) is 14.5. The lowest BCUT2D eigenvalue weighted by molar-refractivity contribution is -0.00419. The molecule has 0 amide bonds. The van der Waals surface area contributed by atoms with Gasteiger partial charge in [0.05, 0.1) is 12.2 Å². The van der Waals surface area contributed by atoms with Crippen molar-refractivity contribution in [1.82, 2.24) is 5.32 Å². The molecule has 0 aliphatic carbocycles. The maximum atomic E-state index is 6.22. The molecule has 0 radical (unpaired) electrons. The molecule has 1 aromatic carbocycles. The third-order valence-electron chi connectivity index (χ3n) is 2.80. The van der Waals surface area contributed by atoms with Crippen molar-refractivity contribution in [2.45, 2.75) is 39.4 Å². The second-order valence-corrected chi connectivity index (χ2v) is 4.58. The number of nitrogens with one attached hydrogen (secondary N) is 1. The largest absolute Gasteiger partial charge is 0.369 e. The summed E-state index contributed by atoms with van der Waals surface area (Å²) in [7, 11) is 0. The summed E-state index contributed by atoms with van der Waals surface area (Å²) in [5.41, 5.74) is 1.07. The average molecular weight is 256 g/mol. The van der Waals surface area contributed by atoms with E-state index in [1.54, 1.807) is 0 Å². The molecular weight excluding hydrogens is 234 g/mol. The van der Waals surface area contributed by atoms with Crippen LogP contribution in [0.3, 0.4) is 0 Å². The Kier molecular flexibility index (Phi) is 6.56. The smallest absolute Gasteiger partial charge is 0.0967 e. The minimum atomic E-state index is 0.0265. The van der Waals surface area contributed by atoms with E-state index in [1.807, 2.05) is 24.3 Å². The Balaban J connectivity index is 2.78. The molecule has 96 valence electrons. The number of rotatable bonds is 7. The van der Waals surface area contributed by atoms with E-state index in [-0.39, 0.29) is 12.2 Å². The molecule has 0 bridgehead atoms. The first-order valence-corrected chi connectivity index (χ1v) is 6.67. The summed E-state index contributed by atoms with van der Waals surface area (Å²) < 4.78 is 6.02. The number of likely N-dealkylation sites (N-methyl/N-ethyl adjacent to an activating group) is 1. The van der Waals surface area contributed by atoms with Crippen LogP contribution in [0.25, 0.3) is 0 Å². The lowest BCUT2D eigenvalue weighted by atomic mass is 10.1. The molecular formula is C14H22ClNO. The number of halogens is 1. The van der Waals surface area contributed by atoms with E-state index in [9.17, 15) is 0 Å². The normalized spacial score (nSPS) is 14.6. The standard InChI is InChI=1S/C14H22ClNO/c1-4-11(3)17-14(10-16-5-2)12-8-6-7-9-13(12)15/h6-9,11,14,16H,4-5,10H2,1-3H3. The van der Waals surface area contributed by atoms with Crippen LogP contribution in [-0.4, -0.2) is 19.2 Å². The van der Waals surface area contributed by atoms with Gasteiger partial charge in [0, 0.05) is 17.1 Å². The molecule has 2 nitrogen and oxygen atoms in total. The third-order valence-corrected chi connectivity index (χ3v) is 3.15. The van der Waals surface area contributed by atoms with Crippen LogP contribution in [0.1, 0.15) is 38.9 Å². The summed E-state index contributed by atoms with van der Waals surface area (Å²) in [5.74, 6) is 0. The van der Waals surface area contributed by atoms with E-state index in [0.29, 0.717) is 0 Å². The maximum Gasteiger partial charge on any atom is 0.0967 e. The first-order valence-electron chi connectivity index (χ1n) is 6.29. The molecule has 0 spiro atoms. The van der Waals surface area contributed by atoms with E-state index in [1.165, 1.54) is 0 Å². The van der Waals surface area contributed by atoms with Crippen LogP contribution in [0, 0.1) is 0 Å². The van der Waals surface area contributed by atoms with Crippen molar-refractivity contribution >= 4 is 11.6 Å². The topological polar surface area (TPSA) is 21.3 Å². The van der Waals surface area contributed by atoms with Crippen molar-refractivity contribution in [3.8, 4) is 0 Å². The van der Waals surface area contributed by atoms with Gasteiger partial charge < -0.3 is 10.1 Å². The van der Waals surface area contributed by atoms with Gasteiger partial charge in [-0.2, -0.15) is 0 Å². The minimum absolute atomic E-state index is 0.0265. The Morgan fingerprint density at radius 1 is 1.29 bits per heavy atom. The van der Waals surface area contributed by atoms with Crippen LogP contribution in [0.5, 0.6) is 0 Å². The minimum Gasteiger partial charge on any atom is -0.369 e. The fourth-order valence-electron chi connectivity index (χ4n) is 1.62. The summed E-state index contributed by atoms with van der Waals surface area (Å²) in [5, 5.41) is 4.10. The lowest BCUT2D eigenvalue weighted by Crippen LogP contribution is -2.25. The van der Waals surface area contributed by atoms with E-state index < -0.39 is 0 Å². The number of hydrogen-bond acceptors (Lipinski definition) is 2. The molecule has 0 fully saturated rings. The summed E-state index contributed by atoms with van der Waals surface area (Å²) in [4.78, 5) is 0. The summed E-state index contributed by atoms with van der Waals surface area (Å²) in [6.07, 6.45) is 1.28. The van der Waals surface area contributed by atoms with Gasteiger partial charge in [-0.15, -0.1) is 0 Å². The summed E-state index contributed by atoms with van der Waals surface area (Å²) >= 11 is 6.22. The first-order chi connectivity index (χ1) is 8.19. The molecule has 0 aliphatic heterocycles. The maximum absolute atomic E-state index is 6.22. The van der Waals surface area contributed by atoms with Crippen molar-refractivity contribution in [2.24, 2.45) is 0 Å². The van der Waals surface area contributed by atoms with Crippen molar-refractivity contribution in [3.63, 3.8) is 0 Å². The molecule has 3 heteroatoms. The molecule has 0 heterocycles. The monoisotopic (exact) mass is 255 g/mol. The van der Waals surface area contributed by atoms with Gasteiger partial charge in [-0.3, -0.25) is 0 Å². The second kappa shape index (κ2) is 7.70. The zero-order valence-corrected chi connectivity index (χ0v) is 11.6. The van der Waals surface area contributed by atoms with E-state index >= 15 is 0 Å². The van der Waals surface area contributed by atoms with E-state index in [0.717, 1.165) is 30.1 Å². The molecule has 2 atom stereocenters. The van der Waals surface area contributed by atoms with Crippen molar-refractivity contribution in [2.75, 3.05) is 13.1 Å². The van der Waals surface area contributed by atoms with Crippen molar-refractivity contribution in [3.05, 3.63) is 34.9 Å². The highest BCUT2D eigenvalue weighted by atomic mass is 35.5. The Hall–Kier alpha value is -0.570. The van der Waals surface area contributed by atoms with Crippen LogP contribution in [-0.2, 0) is 4.74 Å². The van der Waals surface area contributed by atoms with Crippen LogP contribution in [0.15, 0.2) is 24.3 Å². The van der Waals surface area contributed by atoms with Crippen LogP contribution in [0.2, 0.25) is 5.02 Å². The van der Waals surface area contributed by atoms with Gasteiger partial charge in [-0.25, -0.2) is 0 Å². The van der Waals surface area contributed by atoms with Gasteiger partial charge in [0.15, 0.2) is 0 Å². The Labute approximate surface area is 109 Å². The van der Waals surface area contributed by atoms with Gasteiger partial charge in [0.1, 0.15) is 0 Å². The molecule has 0 saturated carbocycles. The Bertz CT molecular complexity index is 330. The third kappa shape index (κ3) is 4.66. The lowest BCUT2D eigenvalue weighted by Gasteiger charge is -2.23. The number of hydrogen-bond donors (Lipinski definition) is 1. The molecule has 2 unspecified atom stereocenters. The second-order valence-electron chi connectivity index (χ2n) is 4.17. The molecule has 1 N–H and O–H groups in total. The van der Waals surface area contributed by atoms with Crippen LogP contribution in [0.4, 0.5) is 0 Å². The molecule has 0 aliphatic rings. The van der Waals surface area contributed by atoms with E-state index in [4.69, 9.17) is 16.3 Å². The highest BCUT2D eigenvalue weighted by Crippen LogP contribution is 2.26. The predicted molar refractivity (Wildman–Crippen MR) is 73.6 cm³/mol. The van der Waals surface area contributed by atoms with Crippen LogP contribution < -0.4 is 5.32 Å². The zero-order chi connectivity index (χ0) is 12.7. The summed E-state index contributed by atoms with van der Waals surface area (Å²) in [6, 6.07) is 7.89. The molecule has 1 aromatic rings. The predicted octanol–water partition coefficient (Wildman–Crippen LogP) is 3.81. The molecule has 0 saturated heterocycles. The SMILES string of the molecule is CCNCC(OC(C)CC)c1ccccc1Cl. The molecule has 17 heavy (non-hydrogen) atoms. The highest BCUT2D eigenvalue weighted by Gasteiger charge is 2.16. The zero-order valence-electron chi connectivity index (χ0n) is 10.9. The van der Waals surface area contributed by atoms with Gasteiger partial charge in [-0.05, 0) is 26.0 Å². The van der Waals surface area contributed by atoms with Gasteiger partial charge in [0.25, 0.3) is 0 Å². The molecule has 0 aromatic heterocycles. The van der Waals surface area contributed by atoms with E-state index in [2.05, 4.69) is 26.1 Å². The van der Waals surface area contributed by atoms with Crippen LogP contribution >= 0.6 is 11.6 Å².